The number of hydrogen-bond donors (Lipinski definition) is 2. The smallest absolute Gasteiger partial charge is 0.255 e. The summed E-state index contributed by atoms with van der Waals surface area (Å²) in [5.74, 6) is -0.714. The van der Waals surface area contributed by atoms with E-state index in [0.717, 1.165) is 0 Å². The molecule has 98 valence electrons. The molecule has 0 spiro atoms. The molecule has 1 unspecified atom stereocenters. The Morgan fingerprint density at radius 1 is 1.33 bits per heavy atom. The number of phenols is 1. The number of phenolic OH excluding ortho intramolecular Hbond substituents is 1. The third-order valence-corrected chi connectivity index (χ3v) is 2.64. The average Bonchev–Trinajstić information content (AvgIpc) is 2.31. The standard InChI is InChI=1S/C13H18N2O3/c1-8-6-5-7-10(11(8)16)12(17)14-9(2)13(18)15(3)4/h5-7,9,16H,1-4H3,(H,14,17). The molecule has 0 aromatic heterocycles. The van der Waals surface area contributed by atoms with Crippen molar-refractivity contribution in [3.05, 3.63) is 29.3 Å². The topological polar surface area (TPSA) is 69.6 Å². The second kappa shape index (κ2) is 5.53. The first-order chi connectivity index (χ1) is 8.34. The molecule has 0 heterocycles. The molecule has 0 aliphatic rings. The Hall–Kier alpha value is -2.04. The van der Waals surface area contributed by atoms with Crippen LogP contribution < -0.4 is 5.32 Å². The summed E-state index contributed by atoms with van der Waals surface area (Å²) in [6, 6.07) is 4.28. The highest BCUT2D eigenvalue weighted by atomic mass is 16.3. The van der Waals surface area contributed by atoms with Gasteiger partial charge in [0.2, 0.25) is 5.91 Å². The summed E-state index contributed by atoms with van der Waals surface area (Å²) >= 11 is 0. The number of hydrogen-bond acceptors (Lipinski definition) is 3. The van der Waals surface area contributed by atoms with E-state index in [4.69, 9.17) is 0 Å². The van der Waals surface area contributed by atoms with Gasteiger partial charge in [-0.3, -0.25) is 9.59 Å². The molecular weight excluding hydrogens is 232 g/mol. The van der Waals surface area contributed by atoms with Gasteiger partial charge in [-0.05, 0) is 25.5 Å². The maximum Gasteiger partial charge on any atom is 0.255 e. The largest absolute Gasteiger partial charge is 0.507 e. The Morgan fingerprint density at radius 2 is 1.94 bits per heavy atom. The predicted octanol–water partition coefficient (Wildman–Crippen LogP) is 0.907. The Kier molecular flexibility index (Phi) is 4.31. The lowest BCUT2D eigenvalue weighted by molar-refractivity contribution is -0.130. The summed E-state index contributed by atoms with van der Waals surface area (Å²) in [7, 11) is 3.24. The molecule has 1 aromatic rings. The van der Waals surface area contributed by atoms with Crippen molar-refractivity contribution >= 4 is 11.8 Å². The van der Waals surface area contributed by atoms with Crippen LogP contribution >= 0.6 is 0 Å². The van der Waals surface area contributed by atoms with Crippen LogP contribution in [0.15, 0.2) is 18.2 Å². The maximum absolute atomic E-state index is 11.9. The Bertz CT molecular complexity index is 469. The van der Waals surface area contributed by atoms with Crippen molar-refractivity contribution in [2.75, 3.05) is 14.1 Å². The molecule has 1 atom stereocenters. The summed E-state index contributed by atoms with van der Waals surface area (Å²) in [5.41, 5.74) is 0.794. The predicted molar refractivity (Wildman–Crippen MR) is 68.5 cm³/mol. The van der Waals surface area contributed by atoms with E-state index in [1.54, 1.807) is 40.1 Å². The molecule has 0 aliphatic carbocycles. The van der Waals surface area contributed by atoms with Gasteiger partial charge in [0.05, 0.1) is 5.56 Å². The number of rotatable bonds is 3. The molecular formula is C13H18N2O3. The second-order valence-electron chi connectivity index (χ2n) is 4.40. The van der Waals surface area contributed by atoms with E-state index >= 15 is 0 Å². The number of nitrogens with one attached hydrogen (secondary N) is 1. The van der Waals surface area contributed by atoms with Crippen LogP contribution in [0, 0.1) is 6.92 Å². The Labute approximate surface area is 106 Å². The first kappa shape index (κ1) is 14.0. The normalized spacial score (nSPS) is 11.8. The van der Waals surface area contributed by atoms with E-state index in [2.05, 4.69) is 5.32 Å². The summed E-state index contributed by atoms with van der Waals surface area (Å²) in [5, 5.41) is 12.3. The molecule has 1 aromatic carbocycles. The minimum atomic E-state index is -0.632. The van der Waals surface area contributed by atoms with Crippen molar-refractivity contribution in [2.45, 2.75) is 19.9 Å². The fraction of sp³-hybridized carbons (Fsp3) is 0.385. The first-order valence-electron chi connectivity index (χ1n) is 5.65. The molecule has 0 saturated heterocycles. The number of amides is 2. The minimum absolute atomic E-state index is 0.0560. The molecule has 2 amide bonds. The number of aryl methyl sites for hydroxylation is 1. The van der Waals surface area contributed by atoms with Crippen LogP contribution in [0.4, 0.5) is 0 Å². The SMILES string of the molecule is Cc1cccc(C(=O)NC(C)C(=O)N(C)C)c1O. The van der Waals surface area contributed by atoms with Crippen LogP contribution in [0.25, 0.3) is 0 Å². The number of carbonyl (C=O) groups is 2. The highest BCUT2D eigenvalue weighted by Gasteiger charge is 2.20. The molecule has 0 saturated carbocycles. The van der Waals surface area contributed by atoms with Crippen molar-refractivity contribution in [1.29, 1.82) is 0 Å². The van der Waals surface area contributed by atoms with Gasteiger partial charge in [0.1, 0.15) is 11.8 Å². The first-order valence-corrected chi connectivity index (χ1v) is 5.65. The summed E-state index contributed by atoms with van der Waals surface area (Å²) < 4.78 is 0. The lowest BCUT2D eigenvalue weighted by atomic mass is 10.1. The lowest BCUT2D eigenvalue weighted by Gasteiger charge is -2.18. The summed E-state index contributed by atoms with van der Waals surface area (Å²) in [6.45, 7) is 3.31. The molecule has 0 aliphatic heterocycles. The van der Waals surface area contributed by atoms with Gasteiger partial charge < -0.3 is 15.3 Å². The molecule has 5 nitrogen and oxygen atoms in total. The number of para-hydroxylation sites is 1. The van der Waals surface area contributed by atoms with Gasteiger partial charge >= 0.3 is 0 Å². The Balaban J connectivity index is 2.83. The molecule has 5 heteroatoms. The highest BCUT2D eigenvalue weighted by Crippen LogP contribution is 2.21. The van der Waals surface area contributed by atoms with Crippen molar-refractivity contribution in [1.82, 2.24) is 10.2 Å². The van der Waals surface area contributed by atoms with Gasteiger partial charge in [0.25, 0.3) is 5.91 Å². The van der Waals surface area contributed by atoms with Crippen molar-refractivity contribution in [2.24, 2.45) is 0 Å². The summed E-state index contributed by atoms with van der Waals surface area (Å²) in [4.78, 5) is 24.9. The van der Waals surface area contributed by atoms with Crippen molar-refractivity contribution in [3.63, 3.8) is 0 Å². The quantitative estimate of drug-likeness (QED) is 0.837. The molecule has 18 heavy (non-hydrogen) atoms. The minimum Gasteiger partial charge on any atom is -0.507 e. The van der Waals surface area contributed by atoms with E-state index < -0.39 is 11.9 Å². The van der Waals surface area contributed by atoms with Crippen LogP contribution in [-0.4, -0.2) is 42.0 Å². The fourth-order valence-corrected chi connectivity index (χ4v) is 1.57. The number of benzene rings is 1. The van der Waals surface area contributed by atoms with Crippen LogP contribution in [-0.2, 0) is 4.79 Å². The van der Waals surface area contributed by atoms with Gasteiger partial charge in [-0.15, -0.1) is 0 Å². The van der Waals surface area contributed by atoms with Crippen LogP contribution in [0.1, 0.15) is 22.8 Å². The van der Waals surface area contributed by atoms with Crippen LogP contribution in [0.3, 0.4) is 0 Å². The van der Waals surface area contributed by atoms with Gasteiger partial charge in [-0.2, -0.15) is 0 Å². The number of nitrogens with zero attached hydrogens (tertiary/aromatic N) is 1. The molecule has 1 rings (SSSR count). The average molecular weight is 250 g/mol. The molecule has 2 N–H and O–H groups in total. The van der Waals surface area contributed by atoms with E-state index in [1.807, 2.05) is 0 Å². The lowest BCUT2D eigenvalue weighted by Crippen LogP contribution is -2.44. The van der Waals surface area contributed by atoms with E-state index in [1.165, 1.54) is 11.0 Å². The van der Waals surface area contributed by atoms with Crippen molar-refractivity contribution < 1.29 is 14.7 Å². The number of likely N-dealkylation sites (N-methyl/N-ethyl adjacent to an activating group) is 1. The molecule has 0 fully saturated rings. The zero-order chi connectivity index (χ0) is 13.9. The fourth-order valence-electron chi connectivity index (χ4n) is 1.57. The second-order valence-corrected chi connectivity index (χ2v) is 4.40. The third kappa shape index (κ3) is 3.00. The van der Waals surface area contributed by atoms with E-state index in [-0.39, 0.29) is 17.2 Å². The molecule has 0 bridgehead atoms. The van der Waals surface area contributed by atoms with E-state index in [0.29, 0.717) is 5.56 Å². The van der Waals surface area contributed by atoms with Crippen molar-refractivity contribution in [3.8, 4) is 5.75 Å². The number of carbonyl (C=O) groups excluding carboxylic acids is 2. The van der Waals surface area contributed by atoms with Gasteiger partial charge in [-0.25, -0.2) is 0 Å². The van der Waals surface area contributed by atoms with Crippen LogP contribution in [0.5, 0.6) is 5.75 Å². The monoisotopic (exact) mass is 250 g/mol. The van der Waals surface area contributed by atoms with Gasteiger partial charge in [0.15, 0.2) is 0 Å². The summed E-state index contributed by atoms with van der Waals surface area (Å²) in [6.07, 6.45) is 0. The van der Waals surface area contributed by atoms with Crippen LogP contribution in [0.2, 0.25) is 0 Å². The Morgan fingerprint density at radius 3 is 2.50 bits per heavy atom. The zero-order valence-corrected chi connectivity index (χ0v) is 11.0. The zero-order valence-electron chi connectivity index (χ0n) is 11.0. The van der Waals surface area contributed by atoms with E-state index in [9.17, 15) is 14.7 Å². The third-order valence-electron chi connectivity index (χ3n) is 2.64. The maximum atomic E-state index is 11.9. The highest BCUT2D eigenvalue weighted by molar-refractivity contribution is 5.99. The van der Waals surface area contributed by atoms with Gasteiger partial charge in [0, 0.05) is 14.1 Å². The number of aromatic hydroxyl groups is 1. The molecule has 0 radical (unpaired) electrons. The van der Waals surface area contributed by atoms with Gasteiger partial charge in [-0.1, -0.05) is 12.1 Å².